The van der Waals surface area contributed by atoms with Crippen LogP contribution >= 0.6 is 0 Å². The summed E-state index contributed by atoms with van der Waals surface area (Å²) in [6, 6.07) is 0.281. The molecule has 0 radical (unpaired) electrons. The van der Waals surface area contributed by atoms with Crippen molar-refractivity contribution in [3.63, 3.8) is 0 Å². The number of amides is 2. The smallest absolute Gasteiger partial charge is 0.232 e. The van der Waals surface area contributed by atoms with Gasteiger partial charge in [0.2, 0.25) is 11.8 Å². The summed E-state index contributed by atoms with van der Waals surface area (Å²) in [4.78, 5) is 26.8. The topological polar surface area (TPSA) is 63.4 Å². The molecule has 0 heterocycles. The van der Waals surface area contributed by atoms with Gasteiger partial charge in [-0.15, -0.1) is 0 Å². The molecule has 1 saturated carbocycles. The van der Waals surface area contributed by atoms with E-state index in [1.165, 1.54) is 0 Å². The van der Waals surface area contributed by atoms with Crippen LogP contribution in [0, 0.1) is 11.8 Å². The van der Waals surface area contributed by atoms with Crippen LogP contribution in [-0.2, 0) is 9.59 Å². The van der Waals surface area contributed by atoms with Crippen LogP contribution in [0.5, 0.6) is 0 Å². The minimum Gasteiger partial charge on any atom is -0.328 e. The number of nitrogens with two attached hydrogens (primary N) is 1. The molecule has 0 aromatic heterocycles. The molecule has 2 amide bonds. The van der Waals surface area contributed by atoms with Gasteiger partial charge in [-0.3, -0.25) is 14.5 Å². The summed E-state index contributed by atoms with van der Waals surface area (Å²) in [5.74, 6) is -0.172. The van der Waals surface area contributed by atoms with Gasteiger partial charge in [-0.05, 0) is 38.5 Å². The lowest BCUT2D eigenvalue weighted by molar-refractivity contribution is -0.153. The third-order valence-electron chi connectivity index (χ3n) is 4.65. The van der Waals surface area contributed by atoms with Gasteiger partial charge in [0.25, 0.3) is 0 Å². The predicted octanol–water partition coefficient (Wildman–Crippen LogP) is 2.70. The van der Waals surface area contributed by atoms with E-state index in [9.17, 15) is 9.59 Å². The molecule has 1 aliphatic carbocycles. The third-order valence-corrected chi connectivity index (χ3v) is 4.65. The Morgan fingerprint density at radius 2 is 1.40 bits per heavy atom. The summed E-state index contributed by atoms with van der Waals surface area (Å²) >= 11 is 0. The molecule has 20 heavy (non-hydrogen) atoms. The summed E-state index contributed by atoms with van der Waals surface area (Å²) < 4.78 is 0. The van der Waals surface area contributed by atoms with Gasteiger partial charge in [0.1, 0.15) is 0 Å². The molecular weight excluding hydrogens is 252 g/mol. The first kappa shape index (κ1) is 17.2. The van der Waals surface area contributed by atoms with E-state index in [1.807, 2.05) is 27.7 Å². The lowest BCUT2D eigenvalue weighted by atomic mass is 9.89. The molecule has 4 heteroatoms. The Morgan fingerprint density at radius 1 is 1.00 bits per heavy atom. The number of carbonyl (C=O) groups is 2. The molecule has 2 N–H and O–H groups in total. The van der Waals surface area contributed by atoms with E-state index < -0.39 is 0 Å². The first-order valence-corrected chi connectivity index (χ1v) is 8.04. The van der Waals surface area contributed by atoms with Gasteiger partial charge < -0.3 is 5.73 Å². The van der Waals surface area contributed by atoms with Crippen LogP contribution in [0.4, 0.5) is 0 Å². The summed E-state index contributed by atoms with van der Waals surface area (Å²) in [6.45, 7) is 7.80. The highest BCUT2D eigenvalue weighted by Crippen LogP contribution is 2.26. The Bertz CT molecular complexity index is 313. The lowest BCUT2D eigenvalue weighted by Gasteiger charge is -2.37. The van der Waals surface area contributed by atoms with Crippen LogP contribution in [-0.4, -0.2) is 28.8 Å². The SMILES string of the molecule is CCC(C)C(=O)N(C(=O)C(C)CC)C1CCC(N)CC1. The van der Waals surface area contributed by atoms with E-state index in [0.29, 0.717) is 0 Å². The van der Waals surface area contributed by atoms with Crippen molar-refractivity contribution in [1.29, 1.82) is 0 Å². The zero-order valence-corrected chi connectivity index (χ0v) is 13.4. The first-order chi connectivity index (χ1) is 9.42. The highest BCUT2D eigenvalue weighted by molar-refractivity contribution is 5.97. The molecule has 1 fully saturated rings. The Kier molecular flexibility index (Phi) is 6.66. The van der Waals surface area contributed by atoms with Crippen LogP contribution in [0.1, 0.15) is 66.2 Å². The number of nitrogens with zero attached hydrogens (tertiary/aromatic N) is 1. The second kappa shape index (κ2) is 7.77. The highest BCUT2D eigenvalue weighted by Gasteiger charge is 2.35. The average molecular weight is 282 g/mol. The average Bonchev–Trinajstić information content (AvgIpc) is 2.47. The van der Waals surface area contributed by atoms with Gasteiger partial charge in [0.05, 0.1) is 0 Å². The third kappa shape index (κ3) is 4.05. The Labute approximate surface area is 123 Å². The molecule has 2 atom stereocenters. The minimum absolute atomic E-state index is 0.00160. The summed E-state index contributed by atoms with van der Waals surface area (Å²) in [6.07, 6.45) is 5.06. The van der Waals surface area contributed by atoms with Crippen LogP contribution < -0.4 is 5.73 Å². The van der Waals surface area contributed by atoms with Gasteiger partial charge in [-0.1, -0.05) is 27.7 Å². The number of imide groups is 1. The fraction of sp³-hybridized carbons (Fsp3) is 0.875. The molecule has 0 spiro atoms. The molecule has 0 aliphatic heterocycles. The van der Waals surface area contributed by atoms with Crippen molar-refractivity contribution in [3.05, 3.63) is 0 Å². The van der Waals surface area contributed by atoms with Crippen molar-refractivity contribution < 1.29 is 9.59 Å². The summed E-state index contributed by atoms with van der Waals surface area (Å²) in [5, 5.41) is 0. The fourth-order valence-electron chi connectivity index (χ4n) is 2.65. The van der Waals surface area contributed by atoms with E-state index in [0.717, 1.165) is 38.5 Å². The molecule has 2 unspecified atom stereocenters. The Morgan fingerprint density at radius 3 is 1.75 bits per heavy atom. The molecule has 116 valence electrons. The maximum absolute atomic E-state index is 12.6. The van der Waals surface area contributed by atoms with Crippen LogP contribution in [0.3, 0.4) is 0 Å². The Balaban J connectivity index is 2.89. The van der Waals surface area contributed by atoms with Crippen molar-refractivity contribution >= 4 is 11.8 Å². The second-order valence-corrected chi connectivity index (χ2v) is 6.23. The molecule has 0 bridgehead atoms. The number of hydrogen-bond donors (Lipinski definition) is 1. The Hall–Kier alpha value is -0.900. The lowest BCUT2D eigenvalue weighted by Crippen LogP contribution is -2.51. The van der Waals surface area contributed by atoms with Gasteiger partial charge in [-0.25, -0.2) is 0 Å². The van der Waals surface area contributed by atoms with Crippen molar-refractivity contribution in [3.8, 4) is 0 Å². The minimum atomic E-state index is -0.0846. The van der Waals surface area contributed by atoms with Crippen LogP contribution in [0.2, 0.25) is 0 Å². The van der Waals surface area contributed by atoms with E-state index in [-0.39, 0.29) is 35.7 Å². The molecule has 0 aromatic carbocycles. The van der Waals surface area contributed by atoms with Gasteiger partial charge in [0, 0.05) is 23.9 Å². The van der Waals surface area contributed by atoms with E-state index in [1.54, 1.807) is 4.90 Å². The fourth-order valence-corrected chi connectivity index (χ4v) is 2.65. The normalized spacial score (nSPS) is 25.9. The first-order valence-electron chi connectivity index (χ1n) is 8.04. The summed E-state index contributed by atoms with van der Waals surface area (Å²) in [5.41, 5.74) is 5.93. The molecule has 4 nitrogen and oxygen atoms in total. The number of carbonyl (C=O) groups excluding carboxylic acids is 2. The highest BCUT2D eigenvalue weighted by atomic mass is 16.2. The predicted molar refractivity (Wildman–Crippen MR) is 81.0 cm³/mol. The zero-order valence-electron chi connectivity index (χ0n) is 13.4. The van der Waals surface area contributed by atoms with Crippen molar-refractivity contribution in [2.24, 2.45) is 17.6 Å². The summed E-state index contributed by atoms with van der Waals surface area (Å²) in [7, 11) is 0. The zero-order chi connectivity index (χ0) is 15.3. The van der Waals surface area contributed by atoms with E-state index >= 15 is 0 Å². The van der Waals surface area contributed by atoms with Crippen molar-refractivity contribution in [2.45, 2.75) is 78.3 Å². The molecule has 1 aliphatic rings. The van der Waals surface area contributed by atoms with Gasteiger partial charge >= 0.3 is 0 Å². The molecular formula is C16H30N2O2. The maximum Gasteiger partial charge on any atom is 0.232 e. The van der Waals surface area contributed by atoms with Crippen LogP contribution in [0.15, 0.2) is 0 Å². The van der Waals surface area contributed by atoms with E-state index in [4.69, 9.17) is 5.73 Å². The largest absolute Gasteiger partial charge is 0.328 e. The van der Waals surface area contributed by atoms with Gasteiger partial charge in [0.15, 0.2) is 0 Å². The van der Waals surface area contributed by atoms with Crippen LogP contribution in [0.25, 0.3) is 0 Å². The quantitative estimate of drug-likeness (QED) is 0.843. The number of hydrogen-bond acceptors (Lipinski definition) is 3. The van der Waals surface area contributed by atoms with Gasteiger partial charge in [-0.2, -0.15) is 0 Å². The van der Waals surface area contributed by atoms with Crippen molar-refractivity contribution in [1.82, 2.24) is 4.90 Å². The maximum atomic E-state index is 12.6. The standard InChI is InChI=1S/C16H30N2O2/c1-5-11(3)15(19)18(16(20)12(4)6-2)14-9-7-13(17)8-10-14/h11-14H,5-10,17H2,1-4H3. The monoisotopic (exact) mass is 282 g/mol. The molecule has 0 aromatic rings. The van der Waals surface area contributed by atoms with Crippen molar-refractivity contribution in [2.75, 3.05) is 0 Å². The molecule has 0 saturated heterocycles. The molecule has 1 rings (SSSR count). The number of rotatable bonds is 5. The second-order valence-electron chi connectivity index (χ2n) is 6.23. The van der Waals surface area contributed by atoms with E-state index in [2.05, 4.69) is 0 Å².